The second-order valence-electron chi connectivity index (χ2n) is 5.64. The van der Waals surface area contributed by atoms with Crippen LogP contribution in [0.2, 0.25) is 0 Å². The molecule has 6 nitrogen and oxygen atoms in total. The Labute approximate surface area is 156 Å². The standard InChI is InChI=1S/C19H20N4O2S/c1-3-25-17-10-9-15(13(2)24)11-16(17)12-26-19-22-21-18(23(19)20)14-7-5-4-6-8-14/h4-11H,3,12,20H2,1-2H3. The van der Waals surface area contributed by atoms with E-state index >= 15 is 0 Å². The highest BCUT2D eigenvalue weighted by atomic mass is 32.2. The van der Waals surface area contributed by atoms with E-state index in [4.69, 9.17) is 10.6 Å². The third-order valence-electron chi connectivity index (χ3n) is 3.82. The first-order valence-corrected chi connectivity index (χ1v) is 9.24. The molecular weight excluding hydrogens is 348 g/mol. The number of thioether (sulfide) groups is 1. The number of aromatic nitrogens is 3. The van der Waals surface area contributed by atoms with Crippen LogP contribution in [-0.4, -0.2) is 27.3 Å². The summed E-state index contributed by atoms with van der Waals surface area (Å²) in [6.45, 7) is 4.04. The van der Waals surface area contributed by atoms with Gasteiger partial charge in [0, 0.05) is 22.4 Å². The van der Waals surface area contributed by atoms with Gasteiger partial charge in [0.2, 0.25) is 5.16 Å². The third-order valence-corrected chi connectivity index (χ3v) is 4.81. The molecule has 0 aliphatic carbocycles. The highest BCUT2D eigenvalue weighted by molar-refractivity contribution is 7.98. The highest BCUT2D eigenvalue weighted by Gasteiger charge is 2.14. The number of benzene rings is 2. The summed E-state index contributed by atoms with van der Waals surface area (Å²) in [4.78, 5) is 11.7. The van der Waals surface area contributed by atoms with Gasteiger partial charge in [0.1, 0.15) is 5.75 Å². The van der Waals surface area contributed by atoms with E-state index in [0.29, 0.717) is 28.9 Å². The molecule has 3 rings (SSSR count). The quantitative estimate of drug-likeness (QED) is 0.390. The summed E-state index contributed by atoms with van der Waals surface area (Å²) in [6.07, 6.45) is 0. The van der Waals surface area contributed by atoms with Gasteiger partial charge in [-0.1, -0.05) is 42.1 Å². The molecule has 134 valence electrons. The molecule has 0 unspecified atom stereocenters. The number of nitrogens with two attached hydrogens (primary N) is 1. The number of carbonyl (C=O) groups is 1. The van der Waals surface area contributed by atoms with Crippen LogP contribution in [-0.2, 0) is 5.75 Å². The number of carbonyl (C=O) groups excluding carboxylic acids is 1. The fourth-order valence-corrected chi connectivity index (χ4v) is 3.34. The molecular formula is C19H20N4O2S. The van der Waals surface area contributed by atoms with E-state index in [1.165, 1.54) is 16.4 Å². The molecule has 0 atom stereocenters. The topological polar surface area (TPSA) is 83.0 Å². The number of ether oxygens (including phenoxy) is 1. The summed E-state index contributed by atoms with van der Waals surface area (Å²) in [5.74, 6) is 8.12. The van der Waals surface area contributed by atoms with E-state index in [9.17, 15) is 4.79 Å². The average Bonchev–Trinajstić information content (AvgIpc) is 3.02. The number of hydrogen-bond donors (Lipinski definition) is 1. The summed E-state index contributed by atoms with van der Waals surface area (Å²) in [5, 5.41) is 8.96. The Morgan fingerprint density at radius 1 is 1.19 bits per heavy atom. The molecule has 2 N–H and O–H groups in total. The molecule has 0 fully saturated rings. The number of Topliss-reactive ketones (excluding diaryl/α,β-unsaturated/α-hetero) is 1. The van der Waals surface area contributed by atoms with Crippen LogP contribution in [0.15, 0.2) is 53.7 Å². The minimum atomic E-state index is 0.0210. The summed E-state index contributed by atoms with van der Waals surface area (Å²) in [6, 6.07) is 15.1. The van der Waals surface area contributed by atoms with Gasteiger partial charge >= 0.3 is 0 Å². The van der Waals surface area contributed by atoms with Crippen molar-refractivity contribution >= 4 is 17.5 Å². The van der Waals surface area contributed by atoms with E-state index in [1.54, 1.807) is 13.0 Å². The predicted octanol–water partition coefficient (Wildman–Crippen LogP) is 3.55. The Morgan fingerprint density at radius 2 is 1.96 bits per heavy atom. The van der Waals surface area contributed by atoms with Crippen LogP contribution in [0.25, 0.3) is 11.4 Å². The maximum atomic E-state index is 11.7. The van der Waals surface area contributed by atoms with Gasteiger partial charge in [-0.2, -0.15) is 0 Å². The van der Waals surface area contributed by atoms with Gasteiger partial charge in [-0.25, -0.2) is 4.68 Å². The Hall–Kier alpha value is -2.80. The largest absolute Gasteiger partial charge is 0.494 e. The van der Waals surface area contributed by atoms with Gasteiger partial charge in [-0.3, -0.25) is 4.79 Å². The average molecular weight is 368 g/mol. The lowest BCUT2D eigenvalue weighted by Gasteiger charge is -2.11. The third kappa shape index (κ3) is 3.88. The minimum absolute atomic E-state index is 0.0210. The molecule has 0 radical (unpaired) electrons. The molecule has 0 amide bonds. The van der Waals surface area contributed by atoms with Crippen LogP contribution in [0.4, 0.5) is 0 Å². The van der Waals surface area contributed by atoms with E-state index in [2.05, 4.69) is 10.2 Å². The van der Waals surface area contributed by atoms with Crippen molar-refractivity contribution in [2.45, 2.75) is 24.8 Å². The summed E-state index contributed by atoms with van der Waals surface area (Å²) >= 11 is 1.45. The number of hydrogen-bond acceptors (Lipinski definition) is 6. The maximum Gasteiger partial charge on any atom is 0.210 e. The van der Waals surface area contributed by atoms with Crippen LogP contribution >= 0.6 is 11.8 Å². The number of nitrogen functional groups attached to an aromatic ring is 1. The first-order valence-electron chi connectivity index (χ1n) is 8.25. The molecule has 3 aromatic rings. The molecule has 26 heavy (non-hydrogen) atoms. The van der Waals surface area contributed by atoms with Crippen LogP contribution < -0.4 is 10.6 Å². The Morgan fingerprint density at radius 3 is 2.65 bits per heavy atom. The van der Waals surface area contributed by atoms with Crippen molar-refractivity contribution in [3.05, 3.63) is 59.7 Å². The lowest BCUT2D eigenvalue weighted by Crippen LogP contribution is -2.11. The molecule has 7 heteroatoms. The summed E-state index contributed by atoms with van der Waals surface area (Å²) < 4.78 is 7.15. The second kappa shape index (κ2) is 8.05. The van der Waals surface area contributed by atoms with Crippen LogP contribution in [0.3, 0.4) is 0 Å². The predicted molar refractivity (Wildman–Crippen MR) is 103 cm³/mol. The zero-order valence-corrected chi connectivity index (χ0v) is 15.5. The second-order valence-corrected chi connectivity index (χ2v) is 6.59. The van der Waals surface area contributed by atoms with Gasteiger partial charge in [-0.05, 0) is 32.0 Å². The van der Waals surface area contributed by atoms with E-state index in [0.717, 1.165) is 16.9 Å². The first-order chi connectivity index (χ1) is 12.6. The monoisotopic (exact) mass is 368 g/mol. The van der Waals surface area contributed by atoms with Gasteiger partial charge in [0.25, 0.3) is 0 Å². The summed E-state index contributed by atoms with van der Waals surface area (Å²) in [7, 11) is 0. The van der Waals surface area contributed by atoms with Gasteiger partial charge in [-0.15, -0.1) is 10.2 Å². The van der Waals surface area contributed by atoms with Crippen molar-refractivity contribution < 1.29 is 9.53 Å². The van der Waals surface area contributed by atoms with Crippen molar-refractivity contribution in [2.24, 2.45) is 0 Å². The SMILES string of the molecule is CCOc1ccc(C(C)=O)cc1CSc1nnc(-c2ccccc2)n1N. The molecule has 0 saturated heterocycles. The number of rotatable bonds is 7. The lowest BCUT2D eigenvalue weighted by atomic mass is 10.1. The smallest absolute Gasteiger partial charge is 0.210 e. The fourth-order valence-electron chi connectivity index (χ4n) is 2.51. The lowest BCUT2D eigenvalue weighted by molar-refractivity contribution is 0.101. The number of ketones is 1. The van der Waals surface area contributed by atoms with E-state index in [1.807, 2.05) is 49.4 Å². The van der Waals surface area contributed by atoms with Crippen molar-refractivity contribution in [1.82, 2.24) is 14.9 Å². The number of nitrogens with zero attached hydrogens (tertiary/aromatic N) is 3. The van der Waals surface area contributed by atoms with Gasteiger partial charge < -0.3 is 10.6 Å². The normalized spacial score (nSPS) is 10.7. The minimum Gasteiger partial charge on any atom is -0.494 e. The van der Waals surface area contributed by atoms with Crippen molar-refractivity contribution in [1.29, 1.82) is 0 Å². The fraction of sp³-hybridized carbons (Fsp3) is 0.211. The van der Waals surface area contributed by atoms with Crippen molar-refractivity contribution in [3.8, 4) is 17.1 Å². The zero-order valence-electron chi connectivity index (χ0n) is 14.7. The molecule has 0 aliphatic heterocycles. The maximum absolute atomic E-state index is 11.7. The molecule has 0 saturated carbocycles. The summed E-state index contributed by atoms with van der Waals surface area (Å²) in [5.41, 5.74) is 2.49. The molecule has 2 aromatic carbocycles. The molecule has 1 heterocycles. The first kappa shape index (κ1) is 18.0. The van der Waals surface area contributed by atoms with Gasteiger partial charge in [0.05, 0.1) is 6.61 Å². The molecule has 0 spiro atoms. The Balaban J connectivity index is 1.82. The Bertz CT molecular complexity index is 909. The van der Waals surface area contributed by atoms with Crippen LogP contribution in [0.5, 0.6) is 5.75 Å². The van der Waals surface area contributed by atoms with Gasteiger partial charge in [0.15, 0.2) is 11.6 Å². The van der Waals surface area contributed by atoms with Crippen molar-refractivity contribution in [2.75, 3.05) is 12.4 Å². The van der Waals surface area contributed by atoms with Crippen LogP contribution in [0.1, 0.15) is 29.8 Å². The van der Waals surface area contributed by atoms with E-state index in [-0.39, 0.29) is 5.78 Å². The molecule has 0 bridgehead atoms. The Kier molecular flexibility index (Phi) is 5.58. The molecule has 1 aromatic heterocycles. The van der Waals surface area contributed by atoms with Crippen LogP contribution in [0, 0.1) is 0 Å². The van der Waals surface area contributed by atoms with E-state index < -0.39 is 0 Å². The van der Waals surface area contributed by atoms with Crippen molar-refractivity contribution in [3.63, 3.8) is 0 Å². The zero-order chi connectivity index (χ0) is 18.5. The highest BCUT2D eigenvalue weighted by Crippen LogP contribution is 2.29. The molecule has 0 aliphatic rings.